The van der Waals surface area contributed by atoms with Crippen molar-refractivity contribution in [3.05, 3.63) is 11.9 Å². The molecule has 0 aliphatic rings. The van der Waals surface area contributed by atoms with Gasteiger partial charge < -0.3 is 0 Å². The molecule has 3 nitrogen and oxygen atoms in total. The minimum absolute atomic E-state index is 0.628. The van der Waals surface area contributed by atoms with Gasteiger partial charge in [0, 0.05) is 12.7 Å². The Morgan fingerprint density at radius 2 is 2.13 bits per heavy atom. The van der Waals surface area contributed by atoms with E-state index in [2.05, 4.69) is 43.0 Å². The molecule has 0 spiro atoms. The number of rotatable bonds is 7. The monoisotopic (exact) mass is 227 g/mol. The van der Waals surface area contributed by atoms with Crippen LogP contribution in [0.4, 0.5) is 0 Å². The molecule has 1 aromatic rings. The van der Waals surface area contributed by atoms with Crippen molar-refractivity contribution in [2.75, 3.05) is 5.75 Å². The molecule has 1 rings (SSSR count). The first kappa shape index (κ1) is 12.6. The van der Waals surface area contributed by atoms with Crippen molar-refractivity contribution in [2.24, 2.45) is 5.92 Å². The first-order valence-corrected chi connectivity index (χ1v) is 6.35. The Hall–Kier alpha value is -0.510. The van der Waals surface area contributed by atoms with E-state index in [9.17, 15) is 0 Å². The molecule has 0 atom stereocenters. The summed E-state index contributed by atoms with van der Waals surface area (Å²) in [5, 5.41) is 8.27. The summed E-state index contributed by atoms with van der Waals surface area (Å²) in [4.78, 5) is 0. The lowest BCUT2D eigenvalue weighted by molar-refractivity contribution is 0.472. The standard InChI is InChI=1S/C11H21N3S/c1-10(2)8-14-9-11(12-13-14)6-4-3-5-7-15/h9-10,15H,3-8H2,1-2H3. The van der Waals surface area contributed by atoms with Gasteiger partial charge in [-0.15, -0.1) is 5.10 Å². The largest absolute Gasteiger partial charge is 0.252 e. The molecule has 4 heteroatoms. The van der Waals surface area contributed by atoms with Crippen LogP contribution in [0.3, 0.4) is 0 Å². The molecular formula is C11H21N3S. The quantitative estimate of drug-likeness (QED) is 0.573. The maximum atomic E-state index is 4.19. The molecule has 0 saturated carbocycles. The molecule has 15 heavy (non-hydrogen) atoms. The fraction of sp³-hybridized carbons (Fsp3) is 0.818. The minimum Gasteiger partial charge on any atom is -0.252 e. The van der Waals surface area contributed by atoms with E-state index in [1.807, 2.05) is 4.68 Å². The topological polar surface area (TPSA) is 30.7 Å². The van der Waals surface area contributed by atoms with Gasteiger partial charge in [0.05, 0.1) is 5.69 Å². The molecule has 0 bridgehead atoms. The summed E-state index contributed by atoms with van der Waals surface area (Å²) in [6.07, 6.45) is 6.75. The van der Waals surface area contributed by atoms with Crippen LogP contribution in [-0.4, -0.2) is 20.7 Å². The normalized spacial score (nSPS) is 11.2. The van der Waals surface area contributed by atoms with Crippen LogP contribution >= 0.6 is 12.6 Å². The van der Waals surface area contributed by atoms with Crippen molar-refractivity contribution in [3.63, 3.8) is 0 Å². The summed E-state index contributed by atoms with van der Waals surface area (Å²) >= 11 is 4.19. The van der Waals surface area contributed by atoms with Gasteiger partial charge in [-0.2, -0.15) is 12.6 Å². The maximum absolute atomic E-state index is 4.19. The number of hydrogen-bond acceptors (Lipinski definition) is 3. The van der Waals surface area contributed by atoms with Gasteiger partial charge in [0.2, 0.25) is 0 Å². The van der Waals surface area contributed by atoms with Gasteiger partial charge in [0.25, 0.3) is 0 Å². The fourth-order valence-corrected chi connectivity index (χ4v) is 1.73. The number of aromatic nitrogens is 3. The third-order valence-corrected chi connectivity index (χ3v) is 2.55. The van der Waals surface area contributed by atoms with E-state index in [1.165, 1.54) is 19.3 Å². The van der Waals surface area contributed by atoms with Crippen LogP contribution in [0.15, 0.2) is 6.20 Å². The van der Waals surface area contributed by atoms with Gasteiger partial charge in [0.1, 0.15) is 0 Å². The summed E-state index contributed by atoms with van der Waals surface area (Å²) in [7, 11) is 0. The smallest absolute Gasteiger partial charge is 0.0827 e. The molecule has 86 valence electrons. The second kappa shape index (κ2) is 6.88. The zero-order chi connectivity index (χ0) is 11.1. The SMILES string of the molecule is CC(C)Cn1cc(CCCCCS)nn1. The van der Waals surface area contributed by atoms with Crippen LogP contribution < -0.4 is 0 Å². The molecule has 0 fully saturated rings. The third-order valence-electron chi connectivity index (χ3n) is 2.23. The van der Waals surface area contributed by atoms with E-state index in [-0.39, 0.29) is 0 Å². The van der Waals surface area contributed by atoms with E-state index >= 15 is 0 Å². The van der Waals surface area contributed by atoms with Crippen molar-refractivity contribution in [2.45, 2.75) is 46.1 Å². The van der Waals surface area contributed by atoms with Crippen LogP contribution in [0.1, 0.15) is 38.8 Å². The zero-order valence-electron chi connectivity index (χ0n) is 9.69. The Morgan fingerprint density at radius 1 is 1.33 bits per heavy atom. The second-order valence-corrected chi connectivity index (χ2v) is 4.81. The molecule has 0 saturated heterocycles. The van der Waals surface area contributed by atoms with E-state index in [4.69, 9.17) is 0 Å². The summed E-state index contributed by atoms with van der Waals surface area (Å²) in [6, 6.07) is 0. The molecule has 0 amide bonds. The molecular weight excluding hydrogens is 206 g/mol. The third kappa shape index (κ3) is 5.21. The molecule has 0 aliphatic carbocycles. The number of nitrogens with zero attached hydrogens (tertiary/aromatic N) is 3. The minimum atomic E-state index is 0.628. The Balaban J connectivity index is 2.26. The Kier molecular flexibility index (Phi) is 5.76. The molecule has 0 N–H and O–H groups in total. The molecule has 1 aromatic heterocycles. The van der Waals surface area contributed by atoms with Crippen LogP contribution in [-0.2, 0) is 13.0 Å². The first-order valence-electron chi connectivity index (χ1n) is 5.72. The molecule has 0 aromatic carbocycles. The average molecular weight is 227 g/mol. The van der Waals surface area contributed by atoms with E-state index in [0.29, 0.717) is 5.92 Å². The van der Waals surface area contributed by atoms with Crippen LogP contribution in [0.2, 0.25) is 0 Å². The van der Waals surface area contributed by atoms with Gasteiger partial charge in [0.15, 0.2) is 0 Å². The summed E-state index contributed by atoms with van der Waals surface area (Å²) in [5.41, 5.74) is 1.12. The lowest BCUT2D eigenvalue weighted by Gasteiger charge is -2.01. The Morgan fingerprint density at radius 3 is 2.80 bits per heavy atom. The molecule has 0 aliphatic heterocycles. The van der Waals surface area contributed by atoms with Crippen molar-refractivity contribution in [1.82, 2.24) is 15.0 Å². The highest BCUT2D eigenvalue weighted by atomic mass is 32.1. The van der Waals surface area contributed by atoms with Crippen LogP contribution in [0.25, 0.3) is 0 Å². The average Bonchev–Trinajstić information content (AvgIpc) is 2.59. The van der Waals surface area contributed by atoms with Gasteiger partial charge in [-0.3, -0.25) is 4.68 Å². The number of aryl methyl sites for hydroxylation is 1. The number of thiol groups is 1. The summed E-state index contributed by atoms with van der Waals surface area (Å²) < 4.78 is 1.94. The second-order valence-electron chi connectivity index (χ2n) is 4.36. The highest BCUT2D eigenvalue weighted by Crippen LogP contribution is 2.05. The summed E-state index contributed by atoms with van der Waals surface area (Å²) in [6.45, 7) is 5.34. The Labute approximate surface area is 97.7 Å². The molecule has 0 radical (unpaired) electrons. The lowest BCUT2D eigenvalue weighted by atomic mass is 10.2. The molecule has 1 heterocycles. The van der Waals surface area contributed by atoms with Crippen LogP contribution in [0, 0.1) is 5.92 Å². The zero-order valence-corrected chi connectivity index (χ0v) is 10.6. The highest BCUT2D eigenvalue weighted by Gasteiger charge is 2.02. The van der Waals surface area contributed by atoms with Gasteiger partial charge >= 0.3 is 0 Å². The van der Waals surface area contributed by atoms with Gasteiger partial charge in [-0.1, -0.05) is 25.5 Å². The van der Waals surface area contributed by atoms with E-state index < -0.39 is 0 Å². The van der Waals surface area contributed by atoms with E-state index in [1.54, 1.807) is 0 Å². The van der Waals surface area contributed by atoms with Crippen LogP contribution in [0.5, 0.6) is 0 Å². The predicted molar refractivity (Wildman–Crippen MR) is 66.3 cm³/mol. The van der Waals surface area contributed by atoms with E-state index in [0.717, 1.165) is 24.4 Å². The number of unbranched alkanes of at least 4 members (excludes halogenated alkanes) is 2. The molecule has 0 unspecified atom stereocenters. The number of hydrogen-bond donors (Lipinski definition) is 1. The fourth-order valence-electron chi connectivity index (χ4n) is 1.51. The van der Waals surface area contributed by atoms with Crippen molar-refractivity contribution in [1.29, 1.82) is 0 Å². The first-order chi connectivity index (χ1) is 7.22. The van der Waals surface area contributed by atoms with Crippen molar-refractivity contribution >= 4 is 12.6 Å². The van der Waals surface area contributed by atoms with Crippen molar-refractivity contribution in [3.8, 4) is 0 Å². The van der Waals surface area contributed by atoms with Gasteiger partial charge in [-0.05, 0) is 30.9 Å². The maximum Gasteiger partial charge on any atom is 0.0827 e. The highest BCUT2D eigenvalue weighted by molar-refractivity contribution is 7.80. The lowest BCUT2D eigenvalue weighted by Crippen LogP contribution is -2.04. The summed E-state index contributed by atoms with van der Waals surface area (Å²) in [5.74, 6) is 1.61. The predicted octanol–water partition coefficient (Wildman–Crippen LogP) is 2.58. The van der Waals surface area contributed by atoms with Gasteiger partial charge in [-0.25, -0.2) is 0 Å². The Bertz CT molecular complexity index is 271. The van der Waals surface area contributed by atoms with Crippen molar-refractivity contribution < 1.29 is 0 Å².